The van der Waals surface area contributed by atoms with Gasteiger partial charge in [0.1, 0.15) is 0 Å². The molecule has 1 aromatic rings. The number of hydrogen-bond acceptors (Lipinski definition) is 2. The first-order valence-corrected chi connectivity index (χ1v) is 7.54. The molecule has 114 valence electrons. The first-order chi connectivity index (χ1) is 9.86. The Hall–Kier alpha value is -1.84. The number of carbonyl (C=O) groups is 2. The fourth-order valence-electron chi connectivity index (χ4n) is 2.98. The highest BCUT2D eigenvalue weighted by molar-refractivity contribution is 6.39. The van der Waals surface area contributed by atoms with Crippen LogP contribution in [0.25, 0.3) is 0 Å². The van der Waals surface area contributed by atoms with Gasteiger partial charge in [0.25, 0.3) is 0 Å². The number of piperidine rings is 1. The summed E-state index contributed by atoms with van der Waals surface area (Å²) in [6.07, 6.45) is 1.11. The van der Waals surface area contributed by atoms with Gasteiger partial charge < -0.3 is 10.2 Å². The maximum absolute atomic E-state index is 12.3. The number of carbonyl (C=O) groups excluding carboxylic acids is 2. The van der Waals surface area contributed by atoms with Gasteiger partial charge in [0.15, 0.2) is 0 Å². The van der Waals surface area contributed by atoms with E-state index in [0.717, 1.165) is 17.5 Å². The molecule has 0 spiro atoms. The SMILES string of the molecule is Cc1ccc(NC(=O)C(=O)N2CC(C)CC(C)C2)cc1C. The van der Waals surface area contributed by atoms with E-state index in [4.69, 9.17) is 0 Å². The number of hydrogen-bond donors (Lipinski definition) is 1. The zero-order valence-electron chi connectivity index (χ0n) is 13.3. The molecule has 0 aliphatic carbocycles. The smallest absolute Gasteiger partial charge is 0.313 e. The van der Waals surface area contributed by atoms with Crippen LogP contribution < -0.4 is 5.32 Å². The molecule has 1 saturated heterocycles. The van der Waals surface area contributed by atoms with Crippen LogP contribution in [0.15, 0.2) is 18.2 Å². The lowest BCUT2D eigenvalue weighted by Crippen LogP contribution is -2.47. The van der Waals surface area contributed by atoms with Crippen LogP contribution in [-0.4, -0.2) is 29.8 Å². The van der Waals surface area contributed by atoms with Gasteiger partial charge in [-0.15, -0.1) is 0 Å². The molecule has 1 aliphatic heterocycles. The third kappa shape index (κ3) is 3.84. The van der Waals surface area contributed by atoms with Crippen molar-refractivity contribution < 1.29 is 9.59 Å². The van der Waals surface area contributed by atoms with Crippen molar-refractivity contribution in [1.82, 2.24) is 4.90 Å². The standard InChI is InChI=1S/C17H24N2O2/c1-11-7-12(2)10-19(9-11)17(21)16(20)18-15-6-5-13(3)14(4)8-15/h5-6,8,11-12H,7,9-10H2,1-4H3,(H,18,20). The van der Waals surface area contributed by atoms with Gasteiger partial charge in [-0.05, 0) is 55.4 Å². The monoisotopic (exact) mass is 288 g/mol. The van der Waals surface area contributed by atoms with E-state index >= 15 is 0 Å². The lowest BCUT2D eigenvalue weighted by atomic mass is 9.92. The molecule has 2 atom stereocenters. The predicted octanol–water partition coefficient (Wildman–Crippen LogP) is 2.75. The van der Waals surface area contributed by atoms with Gasteiger partial charge in [0.2, 0.25) is 0 Å². The Balaban J connectivity index is 2.02. The van der Waals surface area contributed by atoms with Crippen molar-refractivity contribution in [2.75, 3.05) is 18.4 Å². The van der Waals surface area contributed by atoms with E-state index in [1.165, 1.54) is 0 Å². The molecule has 2 rings (SSSR count). The number of nitrogens with one attached hydrogen (secondary N) is 1. The molecule has 0 saturated carbocycles. The molecule has 0 radical (unpaired) electrons. The second-order valence-electron chi connectivity index (χ2n) is 6.41. The topological polar surface area (TPSA) is 49.4 Å². The maximum atomic E-state index is 12.3. The molecule has 1 heterocycles. The second-order valence-corrected chi connectivity index (χ2v) is 6.41. The summed E-state index contributed by atoms with van der Waals surface area (Å²) in [5.74, 6) is -0.0644. The van der Waals surface area contributed by atoms with Crippen molar-refractivity contribution in [3.63, 3.8) is 0 Å². The molecule has 0 bridgehead atoms. The summed E-state index contributed by atoms with van der Waals surface area (Å²) in [6.45, 7) is 9.59. The molecular weight excluding hydrogens is 264 g/mol. The van der Waals surface area contributed by atoms with E-state index in [-0.39, 0.29) is 0 Å². The lowest BCUT2D eigenvalue weighted by molar-refractivity contribution is -0.144. The average Bonchev–Trinajstić information content (AvgIpc) is 2.41. The second kappa shape index (κ2) is 6.29. The van der Waals surface area contributed by atoms with Gasteiger partial charge in [0, 0.05) is 18.8 Å². The highest BCUT2D eigenvalue weighted by Gasteiger charge is 2.29. The van der Waals surface area contributed by atoms with E-state index in [2.05, 4.69) is 19.2 Å². The first kappa shape index (κ1) is 15.5. The minimum atomic E-state index is -0.542. The van der Waals surface area contributed by atoms with Crippen molar-refractivity contribution in [3.8, 4) is 0 Å². The van der Waals surface area contributed by atoms with E-state index < -0.39 is 11.8 Å². The maximum Gasteiger partial charge on any atom is 0.313 e. The molecule has 0 aromatic heterocycles. The molecular formula is C17H24N2O2. The number of benzene rings is 1. The Morgan fingerprint density at radius 1 is 1.10 bits per heavy atom. The zero-order valence-corrected chi connectivity index (χ0v) is 13.3. The van der Waals surface area contributed by atoms with Crippen molar-refractivity contribution in [2.24, 2.45) is 11.8 Å². The molecule has 2 amide bonds. The number of anilines is 1. The van der Waals surface area contributed by atoms with Crippen LogP contribution in [0.1, 0.15) is 31.4 Å². The number of nitrogens with zero attached hydrogens (tertiary/aromatic N) is 1. The van der Waals surface area contributed by atoms with Gasteiger partial charge >= 0.3 is 11.8 Å². The van der Waals surface area contributed by atoms with E-state index in [0.29, 0.717) is 30.6 Å². The van der Waals surface area contributed by atoms with Gasteiger partial charge in [-0.25, -0.2) is 0 Å². The summed E-state index contributed by atoms with van der Waals surface area (Å²) >= 11 is 0. The summed E-state index contributed by atoms with van der Waals surface area (Å²) in [4.78, 5) is 26.1. The molecule has 1 N–H and O–H groups in total. The summed E-state index contributed by atoms with van der Waals surface area (Å²) in [5.41, 5.74) is 2.94. The largest absolute Gasteiger partial charge is 0.334 e. The number of rotatable bonds is 1. The van der Waals surface area contributed by atoms with Crippen LogP contribution in [0.2, 0.25) is 0 Å². The molecule has 21 heavy (non-hydrogen) atoms. The average molecular weight is 288 g/mol. The zero-order chi connectivity index (χ0) is 15.6. The van der Waals surface area contributed by atoms with E-state index in [1.807, 2.05) is 32.0 Å². The van der Waals surface area contributed by atoms with Gasteiger partial charge in [-0.2, -0.15) is 0 Å². The quantitative estimate of drug-likeness (QED) is 0.808. The molecule has 4 heteroatoms. The number of aryl methyl sites for hydroxylation is 2. The van der Waals surface area contributed by atoms with Crippen LogP contribution in [0, 0.1) is 25.7 Å². The van der Waals surface area contributed by atoms with Crippen LogP contribution in [0.3, 0.4) is 0 Å². The predicted molar refractivity (Wildman–Crippen MR) is 84.1 cm³/mol. The Kier molecular flexibility index (Phi) is 4.66. The van der Waals surface area contributed by atoms with Crippen LogP contribution in [0.5, 0.6) is 0 Å². The van der Waals surface area contributed by atoms with E-state index in [9.17, 15) is 9.59 Å². The van der Waals surface area contributed by atoms with Crippen LogP contribution in [-0.2, 0) is 9.59 Å². The molecule has 2 unspecified atom stereocenters. The summed E-state index contributed by atoms with van der Waals surface area (Å²) < 4.78 is 0. The summed E-state index contributed by atoms with van der Waals surface area (Å²) in [7, 11) is 0. The molecule has 1 aliphatic rings. The third-order valence-electron chi connectivity index (χ3n) is 4.12. The van der Waals surface area contributed by atoms with Crippen molar-refractivity contribution in [1.29, 1.82) is 0 Å². The number of amides is 2. The minimum absolute atomic E-state index is 0.424. The van der Waals surface area contributed by atoms with Crippen molar-refractivity contribution in [2.45, 2.75) is 34.1 Å². The molecule has 4 nitrogen and oxygen atoms in total. The Morgan fingerprint density at radius 2 is 1.71 bits per heavy atom. The Labute approximate surface area is 126 Å². The first-order valence-electron chi connectivity index (χ1n) is 7.54. The van der Waals surface area contributed by atoms with Crippen molar-refractivity contribution in [3.05, 3.63) is 29.3 Å². The van der Waals surface area contributed by atoms with Crippen LogP contribution in [0.4, 0.5) is 5.69 Å². The van der Waals surface area contributed by atoms with Gasteiger partial charge in [-0.3, -0.25) is 9.59 Å². The fourth-order valence-corrected chi connectivity index (χ4v) is 2.98. The van der Waals surface area contributed by atoms with Crippen molar-refractivity contribution >= 4 is 17.5 Å². The molecule has 1 fully saturated rings. The van der Waals surface area contributed by atoms with E-state index in [1.54, 1.807) is 4.90 Å². The lowest BCUT2D eigenvalue weighted by Gasteiger charge is -2.34. The van der Waals surface area contributed by atoms with Gasteiger partial charge in [-0.1, -0.05) is 19.9 Å². The highest BCUT2D eigenvalue weighted by Crippen LogP contribution is 2.21. The molecule has 1 aromatic carbocycles. The minimum Gasteiger partial charge on any atom is -0.334 e. The fraction of sp³-hybridized carbons (Fsp3) is 0.529. The number of likely N-dealkylation sites (tertiary alicyclic amines) is 1. The third-order valence-corrected chi connectivity index (χ3v) is 4.12. The Morgan fingerprint density at radius 3 is 2.29 bits per heavy atom. The normalized spacial score (nSPS) is 22.0. The summed E-state index contributed by atoms with van der Waals surface area (Å²) in [5, 5.41) is 2.71. The van der Waals surface area contributed by atoms with Crippen LogP contribution >= 0.6 is 0 Å². The highest BCUT2D eigenvalue weighted by atomic mass is 16.2. The van der Waals surface area contributed by atoms with Gasteiger partial charge in [0.05, 0.1) is 0 Å². The Bertz CT molecular complexity index is 544. The summed E-state index contributed by atoms with van der Waals surface area (Å²) in [6, 6.07) is 5.66.